The Balaban J connectivity index is 2.04. The highest BCUT2D eigenvalue weighted by molar-refractivity contribution is 5.12. The molecule has 2 nitrogen and oxygen atoms in total. The van der Waals surface area contributed by atoms with E-state index in [1.165, 1.54) is 19.3 Å². The average molecular weight is 263 g/mol. The molecule has 1 N–H and O–H groups in total. The van der Waals surface area contributed by atoms with Gasteiger partial charge in [0.1, 0.15) is 0 Å². The second-order valence-corrected chi connectivity index (χ2v) is 7.55. The fraction of sp³-hybridized carbons (Fsp3) is 0.941. The highest BCUT2D eigenvalue weighted by Gasteiger charge is 2.50. The second-order valence-electron chi connectivity index (χ2n) is 7.55. The SMILES string of the molecule is CC(C)C1CCC(C#N)(C(C)(O)CC2CCC2)CC1. The normalized spacial score (nSPS) is 35.5. The lowest BCUT2D eigenvalue weighted by molar-refractivity contribution is -0.0877. The first-order valence-electron chi connectivity index (χ1n) is 8.04. The Kier molecular flexibility index (Phi) is 4.26. The molecule has 19 heavy (non-hydrogen) atoms. The lowest BCUT2D eigenvalue weighted by atomic mass is 9.58. The van der Waals surface area contributed by atoms with Crippen LogP contribution >= 0.6 is 0 Å². The summed E-state index contributed by atoms with van der Waals surface area (Å²) in [6.07, 6.45) is 8.58. The molecule has 0 saturated heterocycles. The first kappa shape index (κ1) is 14.9. The molecule has 0 radical (unpaired) electrons. The lowest BCUT2D eigenvalue weighted by Crippen LogP contribution is -2.49. The van der Waals surface area contributed by atoms with Gasteiger partial charge in [-0.3, -0.25) is 0 Å². The molecule has 0 bridgehead atoms. The number of nitrogens with zero attached hydrogens (tertiary/aromatic N) is 1. The molecule has 1 atom stereocenters. The Hall–Kier alpha value is -0.550. The highest BCUT2D eigenvalue weighted by atomic mass is 16.3. The van der Waals surface area contributed by atoms with Gasteiger partial charge in [0.15, 0.2) is 0 Å². The molecule has 0 aromatic heterocycles. The maximum Gasteiger partial charge on any atom is 0.0857 e. The second kappa shape index (κ2) is 5.44. The number of nitriles is 1. The maximum absolute atomic E-state index is 10.9. The third kappa shape index (κ3) is 2.82. The fourth-order valence-electron chi connectivity index (χ4n) is 4.02. The van der Waals surface area contributed by atoms with Gasteiger partial charge < -0.3 is 5.11 Å². The zero-order chi connectivity index (χ0) is 14.1. The van der Waals surface area contributed by atoms with Crippen LogP contribution < -0.4 is 0 Å². The molecule has 2 aliphatic carbocycles. The molecule has 0 heterocycles. The predicted molar refractivity (Wildman–Crippen MR) is 77.4 cm³/mol. The van der Waals surface area contributed by atoms with Gasteiger partial charge in [0.25, 0.3) is 0 Å². The zero-order valence-corrected chi connectivity index (χ0v) is 12.8. The van der Waals surface area contributed by atoms with Crippen LogP contribution in [0.2, 0.25) is 0 Å². The summed E-state index contributed by atoms with van der Waals surface area (Å²) in [6, 6.07) is 2.52. The molecular formula is C17H29NO. The van der Waals surface area contributed by atoms with E-state index in [1.54, 1.807) is 0 Å². The molecule has 108 valence electrons. The summed E-state index contributed by atoms with van der Waals surface area (Å²) in [5, 5.41) is 20.6. The Morgan fingerprint density at radius 1 is 1.26 bits per heavy atom. The standard InChI is InChI=1S/C17H29NO/c1-13(2)15-7-9-17(12-18,10-8-15)16(3,19)11-14-5-4-6-14/h13-15,19H,4-11H2,1-3H3. The smallest absolute Gasteiger partial charge is 0.0857 e. The van der Waals surface area contributed by atoms with Crippen LogP contribution in [-0.4, -0.2) is 10.7 Å². The number of rotatable bonds is 4. The van der Waals surface area contributed by atoms with E-state index < -0.39 is 11.0 Å². The van der Waals surface area contributed by atoms with Crippen LogP contribution in [0.4, 0.5) is 0 Å². The van der Waals surface area contributed by atoms with E-state index in [-0.39, 0.29) is 0 Å². The van der Waals surface area contributed by atoms with Crippen molar-refractivity contribution in [1.82, 2.24) is 0 Å². The van der Waals surface area contributed by atoms with Crippen LogP contribution in [0.3, 0.4) is 0 Å². The van der Waals surface area contributed by atoms with Crippen LogP contribution in [0.5, 0.6) is 0 Å². The third-order valence-electron chi connectivity index (χ3n) is 5.98. The van der Waals surface area contributed by atoms with Crippen LogP contribution in [0.15, 0.2) is 0 Å². The lowest BCUT2D eigenvalue weighted by Gasteiger charge is -2.47. The summed E-state index contributed by atoms with van der Waals surface area (Å²) in [4.78, 5) is 0. The van der Waals surface area contributed by atoms with Gasteiger partial charge in [-0.2, -0.15) is 5.26 Å². The summed E-state index contributed by atoms with van der Waals surface area (Å²) >= 11 is 0. The Labute approximate surface area is 118 Å². The van der Waals surface area contributed by atoms with Gasteiger partial charge in [-0.25, -0.2) is 0 Å². The van der Waals surface area contributed by atoms with Crippen molar-refractivity contribution >= 4 is 0 Å². The maximum atomic E-state index is 10.9. The summed E-state index contributed by atoms with van der Waals surface area (Å²) < 4.78 is 0. The van der Waals surface area contributed by atoms with Crippen molar-refractivity contribution < 1.29 is 5.11 Å². The largest absolute Gasteiger partial charge is 0.389 e. The molecule has 0 aliphatic heterocycles. The van der Waals surface area contributed by atoms with Gasteiger partial charge in [-0.05, 0) is 56.8 Å². The Morgan fingerprint density at radius 3 is 2.21 bits per heavy atom. The zero-order valence-electron chi connectivity index (χ0n) is 12.8. The molecule has 2 aliphatic rings. The van der Waals surface area contributed by atoms with Crippen LogP contribution in [0.25, 0.3) is 0 Å². The fourth-order valence-corrected chi connectivity index (χ4v) is 4.02. The van der Waals surface area contributed by atoms with E-state index in [4.69, 9.17) is 0 Å². The van der Waals surface area contributed by atoms with E-state index in [9.17, 15) is 10.4 Å². The van der Waals surface area contributed by atoms with Crippen molar-refractivity contribution in [1.29, 1.82) is 5.26 Å². The van der Waals surface area contributed by atoms with Gasteiger partial charge >= 0.3 is 0 Å². The molecule has 0 aromatic carbocycles. The van der Waals surface area contributed by atoms with Gasteiger partial charge in [-0.15, -0.1) is 0 Å². The average Bonchev–Trinajstić information content (AvgIpc) is 2.34. The van der Waals surface area contributed by atoms with E-state index in [2.05, 4.69) is 19.9 Å². The number of hydrogen-bond donors (Lipinski definition) is 1. The Bertz CT molecular complexity index is 341. The minimum absolute atomic E-state index is 0.492. The van der Waals surface area contributed by atoms with Crippen molar-refractivity contribution in [3.8, 4) is 6.07 Å². The topological polar surface area (TPSA) is 44.0 Å². The minimum Gasteiger partial charge on any atom is -0.389 e. The van der Waals surface area contributed by atoms with Gasteiger partial charge in [0, 0.05) is 0 Å². The van der Waals surface area contributed by atoms with Gasteiger partial charge in [0.2, 0.25) is 0 Å². The number of aliphatic hydroxyl groups is 1. The molecular weight excluding hydrogens is 234 g/mol. The predicted octanol–water partition coefficient (Wildman–Crippen LogP) is 4.28. The molecule has 2 fully saturated rings. The van der Waals surface area contributed by atoms with Crippen molar-refractivity contribution in [3.63, 3.8) is 0 Å². The summed E-state index contributed by atoms with van der Waals surface area (Å²) in [7, 11) is 0. The van der Waals surface area contributed by atoms with Crippen molar-refractivity contribution in [2.45, 2.75) is 77.7 Å². The first-order valence-corrected chi connectivity index (χ1v) is 8.04. The summed E-state index contributed by atoms with van der Waals surface area (Å²) in [5.74, 6) is 2.09. The van der Waals surface area contributed by atoms with Gasteiger partial charge in [-0.1, -0.05) is 33.1 Å². The van der Waals surface area contributed by atoms with Gasteiger partial charge in [0.05, 0.1) is 17.1 Å². The molecule has 0 aromatic rings. The molecule has 1 unspecified atom stereocenters. The first-order chi connectivity index (χ1) is 8.90. The molecule has 2 rings (SSSR count). The monoisotopic (exact) mass is 263 g/mol. The van der Waals surface area contributed by atoms with Crippen molar-refractivity contribution in [2.24, 2.45) is 23.2 Å². The molecule has 0 spiro atoms. The van der Waals surface area contributed by atoms with Crippen molar-refractivity contribution in [2.75, 3.05) is 0 Å². The Morgan fingerprint density at radius 2 is 1.84 bits per heavy atom. The van der Waals surface area contributed by atoms with E-state index in [0.29, 0.717) is 11.8 Å². The van der Waals surface area contributed by atoms with Crippen molar-refractivity contribution in [3.05, 3.63) is 0 Å². The number of hydrogen-bond acceptors (Lipinski definition) is 2. The molecule has 0 amide bonds. The minimum atomic E-state index is -0.797. The van der Waals surface area contributed by atoms with E-state index in [1.807, 2.05) is 6.92 Å². The van der Waals surface area contributed by atoms with Crippen LogP contribution in [-0.2, 0) is 0 Å². The molecule has 2 saturated carbocycles. The highest BCUT2D eigenvalue weighted by Crippen LogP contribution is 2.51. The van der Waals surface area contributed by atoms with E-state index in [0.717, 1.165) is 38.0 Å². The van der Waals surface area contributed by atoms with Crippen LogP contribution in [0, 0.1) is 34.5 Å². The van der Waals surface area contributed by atoms with Crippen LogP contribution in [0.1, 0.15) is 72.1 Å². The molecule has 2 heteroatoms. The summed E-state index contributed by atoms with van der Waals surface area (Å²) in [6.45, 7) is 6.47. The quantitative estimate of drug-likeness (QED) is 0.822. The third-order valence-corrected chi connectivity index (χ3v) is 5.98. The summed E-state index contributed by atoms with van der Waals surface area (Å²) in [5.41, 5.74) is -1.29. The van der Waals surface area contributed by atoms with E-state index >= 15 is 0 Å².